The molecule has 0 spiro atoms. The van der Waals surface area contributed by atoms with Crippen LogP contribution in [0.2, 0.25) is 5.02 Å². The van der Waals surface area contributed by atoms with Gasteiger partial charge in [0.2, 0.25) is 0 Å². The maximum Gasteiger partial charge on any atom is 0.137 e. The van der Waals surface area contributed by atoms with E-state index in [1.54, 1.807) is 19.2 Å². The Bertz CT molecular complexity index is 394. The third-order valence-corrected chi connectivity index (χ3v) is 3.45. The van der Waals surface area contributed by atoms with E-state index in [0.29, 0.717) is 10.8 Å². The molecular formula is C13H17ClO3. The van der Waals surface area contributed by atoms with Crippen LogP contribution in [-0.4, -0.2) is 24.4 Å². The van der Waals surface area contributed by atoms with Gasteiger partial charge in [-0.05, 0) is 37.5 Å². The summed E-state index contributed by atoms with van der Waals surface area (Å²) in [5, 5.41) is 10.8. The summed E-state index contributed by atoms with van der Waals surface area (Å²) in [7, 11) is 1.56. The number of benzene rings is 1. The summed E-state index contributed by atoms with van der Waals surface area (Å²) in [6, 6.07) is 5.30. The van der Waals surface area contributed by atoms with E-state index in [-0.39, 0.29) is 12.2 Å². The normalized spacial score (nSPS) is 25.9. The molecule has 17 heavy (non-hydrogen) atoms. The quantitative estimate of drug-likeness (QED) is 0.904. The molecule has 0 radical (unpaired) electrons. The van der Waals surface area contributed by atoms with Crippen molar-refractivity contribution in [2.24, 2.45) is 0 Å². The zero-order valence-corrected chi connectivity index (χ0v) is 10.8. The van der Waals surface area contributed by atoms with Crippen molar-refractivity contribution in [2.45, 2.75) is 38.1 Å². The van der Waals surface area contributed by atoms with Crippen molar-refractivity contribution in [3.63, 3.8) is 0 Å². The topological polar surface area (TPSA) is 38.7 Å². The van der Waals surface area contributed by atoms with Gasteiger partial charge >= 0.3 is 0 Å². The Kier molecular flexibility index (Phi) is 3.92. The first-order valence-corrected chi connectivity index (χ1v) is 6.16. The van der Waals surface area contributed by atoms with Crippen molar-refractivity contribution in [1.29, 1.82) is 0 Å². The fraction of sp³-hybridized carbons (Fsp3) is 0.538. The van der Waals surface area contributed by atoms with Crippen LogP contribution in [0.1, 0.15) is 31.4 Å². The Balaban J connectivity index is 2.16. The number of rotatable bonds is 3. The summed E-state index contributed by atoms with van der Waals surface area (Å²) in [5.41, 5.74) is 0.783. The van der Waals surface area contributed by atoms with Crippen LogP contribution < -0.4 is 4.74 Å². The van der Waals surface area contributed by atoms with Crippen molar-refractivity contribution >= 4 is 11.6 Å². The predicted octanol–water partition coefficient (Wildman–Crippen LogP) is 2.95. The predicted molar refractivity (Wildman–Crippen MR) is 66.5 cm³/mol. The van der Waals surface area contributed by atoms with Gasteiger partial charge in [-0.1, -0.05) is 17.7 Å². The van der Waals surface area contributed by atoms with Crippen LogP contribution >= 0.6 is 11.6 Å². The number of hydrogen-bond donors (Lipinski definition) is 1. The number of ether oxygens (including phenoxy) is 2. The summed E-state index contributed by atoms with van der Waals surface area (Å²) in [6.07, 6.45) is 1.35. The lowest BCUT2D eigenvalue weighted by molar-refractivity contribution is -0.0298. The monoisotopic (exact) mass is 256 g/mol. The van der Waals surface area contributed by atoms with Gasteiger partial charge in [0.15, 0.2) is 0 Å². The summed E-state index contributed by atoms with van der Waals surface area (Å²) in [4.78, 5) is 0. The van der Waals surface area contributed by atoms with E-state index >= 15 is 0 Å². The molecule has 0 aromatic heterocycles. The second kappa shape index (κ2) is 5.25. The summed E-state index contributed by atoms with van der Waals surface area (Å²) in [6.45, 7) is 2.02. The molecule has 1 N–H and O–H groups in total. The van der Waals surface area contributed by atoms with E-state index in [2.05, 4.69) is 0 Å². The minimum atomic E-state index is -0.619. The molecule has 4 heteroatoms. The second-order valence-corrected chi connectivity index (χ2v) is 4.81. The first-order chi connectivity index (χ1) is 8.11. The third kappa shape index (κ3) is 2.73. The van der Waals surface area contributed by atoms with Crippen LogP contribution in [0.4, 0.5) is 0 Å². The molecular weight excluding hydrogens is 240 g/mol. The molecule has 0 saturated carbocycles. The van der Waals surface area contributed by atoms with Gasteiger partial charge in [0, 0.05) is 0 Å². The lowest BCUT2D eigenvalue weighted by Gasteiger charge is -2.19. The lowest BCUT2D eigenvalue weighted by Crippen LogP contribution is -2.18. The standard InChI is InChI=1S/C13H17ClO3/c1-8-3-6-11(17-8)13(15)9-4-5-10(14)12(7-9)16-2/h4-5,7-8,11,13,15H,3,6H2,1-2H3. The van der Waals surface area contributed by atoms with Crippen LogP contribution in [-0.2, 0) is 4.74 Å². The van der Waals surface area contributed by atoms with Crippen molar-refractivity contribution in [3.8, 4) is 5.75 Å². The molecule has 2 rings (SSSR count). The highest BCUT2D eigenvalue weighted by molar-refractivity contribution is 6.32. The number of hydrogen-bond acceptors (Lipinski definition) is 3. The molecule has 1 aromatic carbocycles. The smallest absolute Gasteiger partial charge is 0.137 e. The molecule has 0 bridgehead atoms. The molecule has 1 aliphatic heterocycles. The first-order valence-electron chi connectivity index (χ1n) is 5.78. The average Bonchev–Trinajstić information content (AvgIpc) is 2.75. The molecule has 3 atom stereocenters. The van der Waals surface area contributed by atoms with Gasteiger partial charge in [-0.2, -0.15) is 0 Å². The van der Waals surface area contributed by atoms with Gasteiger partial charge in [-0.15, -0.1) is 0 Å². The summed E-state index contributed by atoms with van der Waals surface area (Å²) >= 11 is 5.95. The number of aliphatic hydroxyl groups excluding tert-OH is 1. The van der Waals surface area contributed by atoms with E-state index in [0.717, 1.165) is 18.4 Å². The van der Waals surface area contributed by atoms with Gasteiger partial charge in [-0.25, -0.2) is 0 Å². The first kappa shape index (κ1) is 12.7. The third-order valence-electron chi connectivity index (χ3n) is 3.13. The van der Waals surface area contributed by atoms with Crippen LogP contribution in [0, 0.1) is 0 Å². The number of aliphatic hydroxyl groups is 1. The Morgan fingerprint density at radius 3 is 2.82 bits per heavy atom. The molecule has 1 aromatic rings. The summed E-state index contributed by atoms with van der Waals surface area (Å²) < 4.78 is 10.8. The van der Waals surface area contributed by atoms with Crippen molar-refractivity contribution in [3.05, 3.63) is 28.8 Å². The van der Waals surface area contributed by atoms with E-state index in [4.69, 9.17) is 21.1 Å². The average molecular weight is 257 g/mol. The molecule has 94 valence electrons. The van der Waals surface area contributed by atoms with Crippen LogP contribution in [0.25, 0.3) is 0 Å². The van der Waals surface area contributed by atoms with Gasteiger partial charge in [0.25, 0.3) is 0 Å². The molecule has 1 heterocycles. The van der Waals surface area contributed by atoms with Gasteiger partial charge in [-0.3, -0.25) is 0 Å². The SMILES string of the molecule is COc1cc(C(O)C2CCC(C)O2)ccc1Cl. The molecule has 3 unspecified atom stereocenters. The zero-order valence-electron chi connectivity index (χ0n) is 10.0. The second-order valence-electron chi connectivity index (χ2n) is 4.40. The maximum atomic E-state index is 10.2. The highest BCUT2D eigenvalue weighted by atomic mass is 35.5. The Hall–Kier alpha value is -0.770. The highest BCUT2D eigenvalue weighted by Crippen LogP contribution is 2.33. The highest BCUT2D eigenvalue weighted by Gasteiger charge is 2.29. The lowest BCUT2D eigenvalue weighted by atomic mass is 10.0. The molecule has 1 saturated heterocycles. The largest absolute Gasteiger partial charge is 0.495 e. The van der Waals surface area contributed by atoms with Crippen LogP contribution in [0.5, 0.6) is 5.75 Å². The van der Waals surface area contributed by atoms with Gasteiger partial charge in [0.05, 0.1) is 24.3 Å². The molecule has 0 amide bonds. The van der Waals surface area contributed by atoms with E-state index in [1.165, 1.54) is 0 Å². The summed E-state index contributed by atoms with van der Waals surface area (Å²) in [5.74, 6) is 0.578. The minimum Gasteiger partial charge on any atom is -0.495 e. The van der Waals surface area contributed by atoms with Gasteiger partial charge in [0.1, 0.15) is 11.9 Å². The Labute approximate surface area is 106 Å². The van der Waals surface area contributed by atoms with Crippen molar-refractivity contribution in [2.75, 3.05) is 7.11 Å². The van der Waals surface area contributed by atoms with Crippen LogP contribution in [0.15, 0.2) is 18.2 Å². The fourth-order valence-electron chi connectivity index (χ4n) is 2.14. The van der Waals surface area contributed by atoms with Crippen LogP contribution in [0.3, 0.4) is 0 Å². The fourth-order valence-corrected chi connectivity index (χ4v) is 2.34. The maximum absolute atomic E-state index is 10.2. The molecule has 1 aliphatic rings. The van der Waals surface area contributed by atoms with Crippen molar-refractivity contribution in [1.82, 2.24) is 0 Å². The molecule has 0 aliphatic carbocycles. The molecule has 1 fully saturated rings. The van der Waals surface area contributed by atoms with E-state index in [1.807, 2.05) is 13.0 Å². The number of halogens is 1. The molecule has 3 nitrogen and oxygen atoms in total. The Morgan fingerprint density at radius 1 is 1.47 bits per heavy atom. The zero-order chi connectivity index (χ0) is 12.4. The Morgan fingerprint density at radius 2 is 2.24 bits per heavy atom. The van der Waals surface area contributed by atoms with E-state index < -0.39 is 6.10 Å². The van der Waals surface area contributed by atoms with Crippen molar-refractivity contribution < 1.29 is 14.6 Å². The minimum absolute atomic E-state index is 0.129. The van der Waals surface area contributed by atoms with E-state index in [9.17, 15) is 5.11 Å². The number of methoxy groups -OCH3 is 1. The van der Waals surface area contributed by atoms with Gasteiger partial charge < -0.3 is 14.6 Å².